The molecule has 1 aliphatic rings. The zero-order valence-corrected chi connectivity index (χ0v) is 12.5. The maximum Gasteiger partial charge on any atom is 0.119 e. The lowest BCUT2D eigenvalue weighted by Crippen LogP contribution is -2.18. The second-order valence-corrected chi connectivity index (χ2v) is 5.64. The van der Waals surface area contributed by atoms with Crippen LogP contribution in [-0.2, 0) is 11.3 Å². The van der Waals surface area contributed by atoms with Gasteiger partial charge in [0.15, 0.2) is 0 Å². The Bertz CT molecular complexity index is 374. The Kier molecular flexibility index (Phi) is 6.64. The van der Waals surface area contributed by atoms with E-state index in [1.165, 1.54) is 32.1 Å². The van der Waals surface area contributed by atoms with Gasteiger partial charge in [0.2, 0.25) is 0 Å². The summed E-state index contributed by atoms with van der Waals surface area (Å²) in [6, 6.07) is 7.82. The highest BCUT2D eigenvalue weighted by Crippen LogP contribution is 2.22. The van der Waals surface area contributed by atoms with Gasteiger partial charge < -0.3 is 14.6 Å². The molecule has 0 heterocycles. The fourth-order valence-electron chi connectivity index (χ4n) is 2.36. The van der Waals surface area contributed by atoms with Crippen LogP contribution in [0.1, 0.15) is 37.7 Å². The minimum atomic E-state index is -0.619. The Balaban J connectivity index is 1.73. The van der Waals surface area contributed by atoms with Crippen molar-refractivity contribution < 1.29 is 14.6 Å². The van der Waals surface area contributed by atoms with Crippen LogP contribution in [0.25, 0.3) is 0 Å². The molecule has 1 unspecified atom stereocenters. The molecule has 20 heavy (non-hydrogen) atoms. The van der Waals surface area contributed by atoms with Crippen molar-refractivity contribution in [3.05, 3.63) is 29.8 Å². The third-order valence-electron chi connectivity index (χ3n) is 3.58. The number of hydrogen-bond acceptors (Lipinski definition) is 3. The topological polar surface area (TPSA) is 38.7 Å². The highest BCUT2D eigenvalue weighted by atomic mass is 35.5. The fourth-order valence-corrected chi connectivity index (χ4v) is 2.45. The molecule has 1 aliphatic carbocycles. The summed E-state index contributed by atoms with van der Waals surface area (Å²) in [7, 11) is 0. The average Bonchev–Trinajstić information content (AvgIpc) is 2.52. The number of benzene rings is 1. The van der Waals surface area contributed by atoms with Gasteiger partial charge in [-0.2, -0.15) is 0 Å². The van der Waals surface area contributed by atoms with Gasteiger partial charge in [0.25, 0.3) is 0 Å². The second-order valence-electron chi connectivity index (χ2n) is 5.33. The van der Waals surface area contributed by atoms with E-state index >= 15 is 0 Å². The molecule has 0 aliphatic heterocycles. The predicted octanol–water partition coefficient (Wildman–Crippen LogP) is 3.51. The summed E-state index contributed by atoms with van der Waals surface area (Å²) in [6.45, 7) is 0.886. The van der Waals surface area contributed by atoms with Crippen LogP contribution in [0.3, 0.4) is 0 Å². The Labute approximate surface area is 125 Å². The van der Waals surface area contributed by atoms with E-state index in [4.69, 9.17) is 21.1 Å². The summed E-state index contributed by atoms with van der Waals surface area (Å²) in [4.78, 5) is 0. The number of alkyl halides is 1. The zero-order valence-electron chi connectivity index (χ0n) is 11.8. The first-order valence-corrected chi connectivity index (χ1v) is 7.89. The van der Waals surface area contributed by atoms with Gasteiger partial charge >= 0.3 is 0 Å². The quantitative estimate of drug-likeness (QED) is 0.783. The van der Waals surface area contributed by atoms with Crippen LogP contribution < -0.4 is 4.74 Å². The highest BCUT2D eigenvalue weighted by Gasteiger charge is 2.13. The number of rotatable bonds is 7. The van der Waals surface area contributed by atoms with Crippen LogP contribution in [0.4, 0.5) is 0 Å². The van der Waals surface area contributed by atoms with Crippen molar-refractivity contribution in [2.45, 2.75) is 50.9 Å². The minimum absolute atomic E-state index is 0.188. The predicted molar refractivity (Wildman–Crippen MR) is 80.3 cm³/mol. The number of ether oxygens (including phenoxy) is 2. The molecular weight excluding hydrogens is 276 g/mol. The number of halogens is 1. The molecule has 112 valence electrons. The summed E-state index contributed by atoms with van der Waals surface area (Å²) in [5.74, 6) is 0.934. The van der Waals surface area contributed by atoms with Crippen molar-refractivity contribution in [3.63, 3.8) is 0 Å². The third kappa shape index (κ3) is 5.31. The number of hydrogen-bond donors (Lipinski definition) is 1. The number of aliphatic hydroxyl groups is 1. The van der Waals surface area contributed by atoms with Gasteiger partial charge in [-0.3, -0.25) is 0 Å². The van der Waals surface area contributed by atoms with E-state index < -0.39 is 6.10 Å². The van der Waals surface area contributed by atoms with Gasteiger partial charge in [-0.15, -0.1) is 11.6 Å². The summed E-state index contributed by atoms with van der Waals surface area (Å²) in [5.41, 5.74) is 1.15. The lowest BCUT2D eigenvalue weighted by Gasteiger charge is -2.22. The van der Waals surface area contributed by atoms with Gasteiger partial charge in [0, 0.05) is 0 Å². The Hall–Kier alpha value is -0.770. The molecular formula is C16H23ClO3. The van der Waals surface area contributed by atoms with E-state index in [2.05, 4.69) is 0 Å². The maximum atomic E-state index is 9.33. The standard InChI is InChI=1S/C16H23ClO3/c17-10-14(18)12-20-16-8-6-13(7-9-16)11-19-15-4-2-1-3-5-15/h6-9,14-15,18H,1-5,10-12H2. The van der Waals surface area contributed by atoms with Crippen LogP contribution in [0, 0.1) is 0 Å². The highest BCUT2D eigenvalue weighted by molar-refractivity contribution is 6.18. The number of aliphatic hydroxyl groups excluding tert-OH is 1. The van der Waals surface area contributed by atoms with E-state index in [1.54, 1.807) is 0 Å². The van der Waals surface area contributed by atoms with Crippen molar-refractivity contribution in [1.29, 1.82) is 0 Å². The van der Waals surface area contributed by atoms with Crippen molar-refractivity contribution in [1.82, 2.24) is 0 Å². The molecule has 1 atom stereocenters. The Morgan fingerprint density at radius 1 is 1.15 bits per heavy atom. The first-order valence-electron chi connectivity index (χ1n) is 7.35. The molecule has 0 amide bonds. The van der Waals surface area contributed by atoms with E-state index in [0.29, 0.717) is 12.7 Å². The molecule has 0 spiro atoms. The molecule has 2 rings (SSSR count). The zero-order chi connectivity index (χ0) is 14.2. The van der Waals surface area contributed by atoms with Crippen molar-refractivity contribution in [3.8, 4) is 5.75 Å². The van der Waals surface area contributed by atoms with Gasteiger partial charge in [0.05, 0.1) is 18.6 Å². The summed E-state index contributed by atoms with van der Waals surface area (Å²) in [5, 5.41) is 9.33. The first kappa shape index (κ1) is 15.6. The lowest BCUT2D eigenvalue weighted by molar-refractivity contribution is 0.0168. The van der Waals surface area contributed by atoms with Gasteiger partial charge in [0.1, 0.15) is 18.5 Å². The van der Waals surface area contributed by atoms with Crippen molar-refractivity contribution in [2.24, 2.45) is 0 Å². The second kappa shape index (κ2) is 8.50. The summed E-state index contributed by atoms with van der Waals surface area (Å²) < 4.78 is 11.4. The molecule has 1 N–H and O–H groups in total. The van der Waals surface area contributed by atoms with Crippen molar-refractivity contribution in [2.75, 3.05) is 12.5 Å². The molecule has 1 aromatic carbocycles. The SMILES string of the molecule is OC(CCl)COc1ccc(COC2CCCCC2)cc1. The van der Waals surface area contributed by atoms with E-state index in [9.17, 15) is 5.11 Å². The molecule has 0 radical (unpaired) electrons. The van der Waals surface area contributed by atoms with Gasteiger partial charge in [-0.1, -0.05) is 31.4 Å². The third-order valence-corrected chi connectivity index (χ3v) is 3.94. The molecule has 0 saturated heterocycles. The lowest BCUT2D eigenvalue weighted by atomic mass is 9.98. The summed E-state index contributed by atoms with van der Waals surface area (Å²) in [6.07, 6.45) is 6.12. The normalized spacial score (nSPS) is 17.9. The van der Waals surface area contributed by atoms with E-state index in [1.807, 2.05) is 24.3 Å². The smallest absolute Gasteiger partial charge is 0.119 e. The monoisotopic (exact) mass is 298 g/mol. The molecule has 0 bridgehead atoms. The van der Waals surface area contributed by atoms with Gasteiger partial charge in [-0.25, -0.2) is 0 Å². The van der Waals surface area contributed by atoms with Gasteiger partial charge in [-0.05, 0) is 30.5 Å². The first-order chi connectivity index (χ1) is 9.78. The van der Waals surface area contributed by atoms with Crippen molar-refractivity contribution >= 4 is 11.6 Å². The summed E-state index contributed by atoms with van der Waals surface area (Å²) >= 11 is 5.51. The molecule has 1 fully saturated rings. The van der Waals surface area contributed by atoms with Crippen LogP contribution >= 0.6 is 11.6 Å². The molecule has 4 heteroatoms. The average molecular weight is 299 g/mol. The van der Waals surface area contributed by atoms with Crippen LogP contribution in [-0.4, -0.2) is 29.8 Å². The Morgan fingerprint density at radius 3 is 2.50 bits per heavy atom. The Morgan fingerprint density at radius 2 is 1.85 bits per heavy atom. The van der Waals surface area contributed by atoms with Crippen LogP contribution in [0.15, 0.2) is 24.3 Å². The molecule has 1 aromatic rings. The largest absolute Gasteiger partial charge is 0.491 e. The van der Waals surface area contributed by atoms with Crippen LogP contribution in [0.2, 0.25) is 0 Å². The fraction of sp³-hybridized carbons (Fsp3) is 0.625. The minimum Gasteiger partial charge on any atom is -0.491 e. The molecule has 1 saturated carbocycles. The maximum absolute atomic E-state index is 9.33. The molecule has 0 aromatic heterocycles. The molecule has 3 nitrogen and oxygen atoms in total. The van der Waals surface area contributed by atoms with E-state index in [0.717, 1.165) is 11.3 Å². The van der Waals surface area contributed by atoms with Crippen LogP contribution in [0.5, 0.6) is 5.75 Å². The van der Waals surface area contributed by atoms with E-state index in [-0.39, 0.29) is 12.5 Å².